The van der Waals surface area contributed by atoms with Crippen molar-refractivity contribution in [3.05, 3.63) is 66.2 Å². The number of fused-ring (bicyclic) bond motifs is 3. The van der Waals surface area contributed by atoms with Crippen molar-refractivity contribution in [1.82, 2.24) is 4.98 Å². The number of hydrogen-bond acceptors (Lipinski definition) is 4. The maximum atomic E-state index is 12.5. The summed E-state index contributed by atoms with van der Waals surface area (Å²) in [5.74, 6) is 0.749. The van der Waals surface area contributed by atoms with E-state index in [1.165, 1.54) is 27.7 Å². The summed E-state index contributed by atoms with van der Waals surface area (Å²) in [6.45, 7) is 2.58. The van der Waals surface area contributed by atoms with Crippen LogP contribution in [0.1, 0.15) is 12.5 Å². The van der Waals surface area contributed by atoms with Crippen molar-refractivity contribution in [2.75, 3.05) is 11.9 Å². The van der Waals surface area contributed by atoms with E-state index in [0.29, 0.717) is 18.2 Å². The number of ether oxygens (including phenoxy) is 1. The van der Waals surface area contributed by atoms with Gasteiger partial charge < -0.3 is 10.1 Å². The summed E-state index contributed by atoms with van der Waals surface area (Å²) in [6, 6.07) is 20.2. The van der Waals surface area contributed by atoms with E-state index in [2.05, 4.69) is 41.7 Å². The Kier molecular flexibility index (Phi) is 4.10. The van der Waals surface area contributed by atoms with E-state index in [1.54, 1.807) is 0 Å². The number of anilines is 1. The Balaban J connectivity index is 1.36. The molecule has 1 N–H and O–H groups in total. The molecule has 4 aromatic rings. The summed E-state index contributed by atoms with van der Waals surface area (Å²) in [4.78, 5) is 18.3. The van der Waals surface area contributed by atoms with Crippen LogP contribution < -0.4 is 10.1 Å². The van der Waals surface area contributed by atoms with Crippen LogP contribution in [0.4, 0.5) is 5.13 Å². The van der Waals surface area contributed by atoms with Crippen molar-refractivity contribution >= 4 is 33.1 Å². The Labute approximate surface area is 166 Å². The van der Waals surface area contributed by atoms with Gasteiger partial charge in [0.15, 0.2) is 5.13 Å². The lowest BCUT2D eigenvalue weighted by Gasteiger charge is -2.05. The highest BCUT2D eigenvalue weighted by molar-refractivity contribution is 7.20. The average molecular weight is 386 g/mol. The molecule has 0 unspecified atom stereocenters. The number of rotatable bonds is 5. The molecule has 0 spiro atoms. The van der Waals surface area contributed by atoms with E-state index in [1.807, 2.05) is 31.2 Å². The van der Waals surface area contributed by atoms with Crippen LogP contribution in [0.15, 0.2) is 60.7 Å². The molecular weight excluding hydrogens is 368 g/mol. The molecule has 0 bridgehead atoms. The first-order valence-electron chi connectivity index (χ1n) is 9.28. The molecule has 1 heterocycles. The first-order chi connectivity index (χ1) is 13.7. The zero-order valence-electron chi connectivity index (χ0n) is 15.4. The molecule has 28 heavy (non-hydrogen) atoms. The van der Waals surface area contributed by atoms with Crippen molar-refractivity contribution < 1.29 is 9.53 Å². The topological polar surface area (TPSA) is 51.2 Å². The molecule has 0 saturated carbocycles. The maximum absolute atomic E-state index is 12.5. The van der Waals surface area contributed by atoms with Crippen LogP contribution in [0, 0.1) is 0 Å². The standard InChI is InChI=1S/C23H18N2O2S/c1-2-27-16-11-9-14(10-12-16)13-19(26)24-23-25-21-17-7-3-5-15-6-4-8-18(20(15)17)22(21)28-23/h3-12H,2,13H2,1H3,(H,24,25,26). The minimum Gasteiger partial charge on any atom is -0.494 e. The molecule has 1 aliphatic rings. The van der Waals surface area contributed by atoms with Gasteiger partial charge in [0.25, 0.3) is 0 Å². The van der Waals surface area contributed by atoms with Gasteiger partial charge in [-0.05, 0) is 35.4 Å². The van der Waals surface area contributed by atoms with Crippen LogP contribution >= 0.6 is 11.3 Å². The van der Waals surface area contributed by atoms with Crippen LogP contribution in [-0.4, -0.2) is 17.5 Å². The Bertz CT molecular complexity index is 1140. The third kappa shape index (κ3) is 2.84. The summed E-state index contributed by atoms with van der Waals surface area (Å²) >= 11 is 1.54. The van der Waals surface area contributed by atoms with Crippen molar-refractivity contribution in [3.63, 3.8) is 0 Å². The van der Waals surface area contributed by atoms with Crippen LogP contribution in [0.2, 0.25) is 0 Å². The predicted octanol–water partition coefficient (Wildman–Crippen LogP) is 5.52. The second-order valence-corrected chi connectivity index (χ2v) is 7.71. The third-order valence-corrected chi connectivity index (χ3v) is 5.88. The molecule has 0 saturated heterocycles. The predicted molar refractivity (Wildman–Crippen MR) is 114 cm³/mol. The summed E-state index contributed by atoms with van der Waals surface area (Å²) in [5.41, 5.74) is 4.26. The number of amides is 1. The van der Waals surface area contributed by atoms with Crippen LogP contribution in [0.25, 0.3) is 32.5 Å². The zero-order valence-corrected chi connectivity index (χ0v) is 16.2. The van der Waals surface area contributed by atoms with Crippen LogP contribution in [0.5, 0.6) is 5.75 Å². The fourth-order valence-electron chi connectivity index (χ4n) is 3.69. The highest BCUT2D eigenvalue weighted by Crippen LogP contribution is 2.50. The zero-order chi connectivity index (χ0) is 19.1. The van der Waals surface area contributed by atoms with Crippen LogP contribution in [-0.2, 0) is 11.2 Å². The van der Waals surface area contributed by atoms with Gasteiger partial charge in [-0.25, -0.2) is 4.98 Å². The largest absolute Gasteiger partial charge is 0.494 e. The molecule has 1 aromatic heterocycles. The fraction of sp³-hybridized carbons (Fsp3) is 0.130. The summed E-state index contributed by atoms with van der Waals surface area (Å²) < 4.78 is 5.44. The number of carbonyl (C=O) groups excluding carboxylic acids is 1. The molecule has 0 aliphatic heterocycles. The minimum absolute atomic E-state index is 0.0666. The monoisotopic (exact) mass is 386 g/mol. The lowest BCUT2D eigenvalue weighted by atomic mass is 10.0. The molecule has 0 radical (unpaired) electrons. The molecule has 4 nitrogen and oxygen atoms in total. The van der Waals surface area contributed by atoms with Crippen molar-refractivity contribution in [3.8, 4) is 27.4 Å². The second kappa shape index (κ2) is 6.77. The normalized spacial score (nSPS) is 11.5. The molecule has 138 valence electrons. The van der Waals surface area contributed by atoms with E-state index in [4.69, 9.17) is 9.72 Å². The molecule has 1 aliphatic carbocycles. The molecule has 0 atom stereocenters. The van der Waals surface area contributed by atoms with Gasteiger partial charge in [-0.3, -0.25) is 4.79 Å². The number of hydrogen-bond donors (Lipinski definition) is 1. The van der Waals surface area contributed by atoms with E-state index in [-0.39, 0.29) is 5.91 Å². The SMILES string of the molecule is CCOc1ccc(CC(=O)Nc2nc3c(s2)-c2cccc4cccc-3c24)cc1. The van der Waals surface area contributed by atoms with Crippen molar-refractivity contribution in [2.45, 2.75) is 13.3 Å². The average Bonchev–Trinajstić information content (AvgIpc) is 3.23. The highest BCUT2D eigenvalue weighted by atomic mass is 32.1. The second-order valence-electron chi connectivity index (χ2n) is 6.71. The van der Waals surface area contributed by atoms with Gasteiger partial charge in [0.1, 0.15) is 5.75 Å². The van der Waals surface area contributed by atoms with Gasteiger partial charge in [0, 0.05) is 11.1 Å². The number of carbonyl (C=O) groups is 1. The fourth-order valence-corrected chi connectivity index (χ4v) is 4.71. The molecule has 5 heteroatoms. The quantitative estimate of drug-likeness (QED) is 0.432. The van der Waals surface area contributed by atoms with Gasteiger partial charge in [0.05, 0.1) is 23.6 Å². The summed E-state index contributed by atoms with van der Waals surface area (Å²) in [7, 11) is 0. The number of aromatic nitrogens is 1. The van der Waals surface area contributed by atoms with Gasteiger partial charge in [-0.15, -0.1) is 0 Å². The lowest BCUT2D eigenvalue weighted by molar-refractivity contribution is -0.115. The molecule has 5 rings (SSSR count). The minimum atomic E-state index is -0.0666. The molecule has 3 aromatic carbocycles. The van der Waals surface area contributed by atoms with Gasteiger partial charge in [0.2, 0.25) is 5.91 Å². The Morgan fingerprint density at radius 2 is 1.79 bits per heavy atom. The number of thiazole rings is 1. The highest BCUT2D eigenvalue weighted by Gasteiger charge is 2.25. The van der Waals surface area contributed by atoms with Crippen molar-refractivity contribution in [1.29, 1.82) is 0 Å². The first kappa shape index (κ1) is 17.0. The lowest BCUT2D eigenvalue weighted by Crippen LogP contribution is -2.14. The summed E-state index contributed by atoms with van der Waals surface area (Å²) in [5, 5.41) is 6.08. The van der Waals surface area contributed by atoms with E-state index < -0.39 is 0 Å². The summed E-state index contributed by atoms with van der Waals surface area (Å²) in [6.07, 6.45) is 0.308. The third-order valence-electron chi connectivity index (χ3n) is 4.88. The molecule has 1 amide bonds. The maximum Gasteiger partial charge on any atom is 0.230 e. The van der Waals surface area contributed by atoms with Gasteiger partial charge in [-0.2, -0.15) is 0 Å². The van der Waals surface area contributed by atoms with Gasteiger partial charge in [-0.1, -0.05) is 59.9 Å². The Morgan fingerprint density at radius 1 is 1.04 bits per heavy atom. The number of nitrogens with zero attached hydrogens (tertiary/aromatic N) is 1. The molecule has 0 fully saturated rings. The van der Waals surface area contributed by atoms with Crippen molar-refractivity contribution in [2.24, 2.45) is 0 Å². The number of nitrogens with one attached hydrogen (secondary N) is 1. The van der Waals surface area contributed by atoms with E-state index >= 15 is 0 Å². The van der Waals surface area contributed by atoms with E-state index in [9.17, 15) is 4.79 Å². The molecular formula is C23H18N2O2S. The van der Waals surface area contributed by atoms with E-state index in [0.717, 1.165) is 27.4 Å². The smallest absolute Gasteiger partial charge is 0.230 e. The van der Waals surface area contributed by atoms with Crippen LogP contribution in [0.3, 0.4) is 0 Å². The Morgan fingerprint density at radius 3 is 2.54 bits per heavy atom. The van der Waals surface area contributed by atoms with Gasteiger partial charge >= 0.3 is 0 Å². The number of benzene rings is 3. The first-order valence-corrected chi connectivity index (χ1v) is 10.1. The Hall–Kier alpha value is -3.18.